The summed E-state index contributed by atoms with van der Waals surface area (Å²) in [7, 11) is 1.60. The van der Waals surface area contributed by atoms with E-state index in [1.807, 2.05) is 29.6 Å². The Morgan fingerprint density at radius 1 is 1.08 bits per heavy atom. The Morgan fingerprint density at radius 3 is 2.58 bits per heavy atom. The van der Waals surface area contributed by atoms with E-state index in [1.165, 1.54) is 11.3 Å². The van der Waals surface area contributed by atoms with Crippen molar-refractivity contribution in [3.8, 4) is 11.5 Å². The summed E-state index contributed by atoms with van der Waals surface area (Å²) in [6, 6.07) is 14.2. The number of hydrogen-bond acceptors (Lipinski definition) is 4. The molecule has 1 aromatic heterocycles. The molecule has 4 nitrogen and oxygen atoms in total. The lowest BCUT2D eigenvalue weighted by Gasteiger charge is -2.09. The van der Waals surface area contributed by atoms with Crippen LogP contribution in [-0.2, 0) is 6.61 Å². The SMILES string of the molecule is COc1ccccc1OCc1csc(C(=O)Nc2ccc(Cl)c(Cl)c2)c1. The number of hydrogen-bond donors (Lipinski definition) is 1. The van der Waals surface area contributed by atoms with Crippen LogP contribution in [0.4, 0.5) is 5.69 Å². The van der Waals surface area contributed by atoms with Gasteiger partial charge in [-0.25, -0.2) is 0 Å². The van der Waals surface area contributed by atoms with E-state index in [0.29, 0.717) is 38.7 Å². The van der Waals surface area contributed by atoms with Crippen LogP contribution in [0.2, 0.25) is 10.0 Å². The van der Waals surface area contributed by atoms with Crippen molar-refractivity contribution in [2.24, 2.45) is 0 Å². The van der Waals surface area contributed by atoms with Crippen molar-refractivity contribution >= 4 is 46.1 Å². The fourth-order valence-electron chi connectivity index (χ4n) is 2.24. The largest absolute Gasteiger partial charge is 0.493 e. The van der Waals surface area contributed by atoms with E-state index in [0.717, 1.165) is 5.56 Å². The molecule has 3 rings (SSSR count). The predicted molar refractivity (Wildman–Crippen MR) is 106 cm³/mol. The van der Waals surface area contributed by atoms with Gasteiger partial charge in [0.15, 0.2) is 11.5 Å². The molecule has 0 saturated heterocycles. The standard InChI is InChI=1S/C19H15Cl2NO3S/c1-24-16-4-2-3-5-17(16)25-10-12-8-18(26-11-12)19(23)22-13-6-7-14(20)15(21)9-13/h2-9,11H,10H2,1H3,(H,22,23). The first-order chi connectivity index (χ1) is 12.6. The number of halogens is 2. The summed E-state index contributed by atoms with van der Waals surface area (Å²) in [5.41, 5.74) is 1.49. The molecule has 0 aliphatic carbocycles. The molecule has 0 spiro atoms. The molecule has 26 heavy (non-hydrogen) atoms. The lowest BCUT2D eigenvalue weighted by molar-refractivity contribution is 0.103. The van der Waals surface area contributed by atoms with Gasteiger partial charge in [0.1, 0.15) is 6.61 Å². The van der Waals surface area contributed by atoms with Crippen LogP contribution >= 0.6 is 34.5 Å². The minimum atomic E-state index is -0.211. The Labute approximate surface area is 165 Å². The second-order valence-electron chi connectivity index (χ2n) is 5.34. The molecule has 1 N–H and O–H groups in total. The quantitative estimate of drug-likeness (QED) is 0.553. The van der Waals surface area contributed by atoms with E-state index in [4.69, 9.17) is 32.7 Å². The fraction of sp³-hybridized carbons (Fsp3) is 0.105. The zero-order valence-electron chi connectivity index (χ0n) is 13.8. The average molecular weight is 408 g/mol. The van der Waals surface area contributed by atoms with Gasteiger partial charge in [-0.3, -0.25) is 4.79 Å². The number of ether oxygens (including phenoxy) is 2. The first-order valence-electron chi connectivity index (χ1n) is 7.66. The highest BCUT2D eigenvalue weighted by atomic mass is 35.5. The van der Waals surface area contributed by atoms with E-state index in [9.17, 15) is 4.79 Å². The molecule has 1 amide bonds. The highest BCUT2D eigenvalue weighted by Crippen LogP contribution is 2.28. The Hall–Kier alpha value is -2.21. The van der Waals surface area contributed by atoms with Crippen LogP contribution in [0, 0.1) is 0 Å². The highest BCUT2D eigenvalue weighted by Gasteiger charge is 2.11. The molecule has 134 valence electrons. The van der Waals surface area contributed by atoms with E-state index >= 15 is 0 Å². The van der Waals surface area contributed by atoms with Crippen LogP contribution in [0.5, 0.6) is 11.5 Å². The third-order valence-corrected chi connectivity index (χ3v) is 5.24. The Morgan fingerprint density at radius 2 is 1.85 bits per heavy atom. The van der Waals surface area contributed by atoms with Crippen LogP contribution in [0.1, 0.15) is 15.2 Å². The Balaban J connectivity index is 1.63. The number of carbonyl (C=O) groups excluding carboxylic acids is 1. The van der Waals surface area contributed by atoms with Gasteiger partial charge in [0.2, 0.25) is 0 Å². The average Bonchev–Trinajstić information content (AvgIpc) is 3.12. The van der Waals surface area contributed by atoms with Gasteiger partial charge in [0.05, 0.1) is 22.0 Å². The molecular formula is C19H15Cl2NO3S. The lowest BCUT2D eigenvalue weighted by atomic mass is 10.3. The number of nitrogens with one attached hydrogen (secondary N) is 1. The van der Waals surface area contributed by atoms with Gasteiger partial charge < -0.3 is 14.8 Å². The summed E-state index contributed by atoms with van der Waals surface area (Å²) in [6.07, 6.45) is 0. The van der Waals surface area contributed by atoms with Gasteiger partial charge in [0, 0.05) is 11.3 Å². The summed E-state index contributed by atoms with van der Waals surface area (Å²) in [5.74, 6) is 1.11. The highest BCUT2D eigenvalue weighted by molar-refractivity contribution is 7.12. The normalized spacial score (nSPS) is 10.4. The number of amides is 1. The van der Waals surface area contributed by atoms with Crippen molar-refractivity contribution in [3.63, 3.8) is 0 Å². The Kier molecular flexibility index (Phi) is 6.04. The summed E-state index contributed by atoms with van der Waals surface area (Å²) in [4.78, 5) is 12.9. The van der Waals surface area contributed by atoms with Crippen LogP contribution in [0.25, 0.3) is 0 Å². The number of para-hydroxylation sites is 2. The molecule has 0 bridgehead atoms. The van der Waals surface area contributed by atoms with Crippen LogP contribution in [-0.4, -0.2) is 13.0 Å². The molecule has 0 aliphatic rings. The molecule has 0 atom stereocenters. The molecule has 0 fully saturated rings. The number of thiophene rings is 1. The van der Waals surface area contributed by atoms with Crippen LogP contribution < -0.4 is 14.8 Å². The number of rotatable bonds is 6. The monoisotopic (exact) mass is 407 g/mol. The molecule has 1 heterocycles. The summed E-state index contributed by atoms with van der Waals surface area (Å²) < 4.78 is 11.0. The number of methoxy groups -OCH3 is 1. The van der Waals surface area contributed by atoms with Gasteiger partial charge in [0.25, 0.3) is 5.91 Å². The van der Waals surface area contributed by atoms with E-state index in [2.05, 4.69) is 5.32 Å². The zero-order valence-corrected chi connectivity index (χ0v) is 16.1. The van der Waals surface area contributed by atoms with Crippen molar-refractivity contribution in [3.05, 3.63) is 74.4 Å². The molecule has 0 aliphatic heterocycles. The zero-order chi connectivity index (χ0) is 18.5. The smallest absolute Gasteiger partial charge is 0.265 e. The third kappa shape index (κ3) is 4.49. The number of benzene rings is 2. The van der Waals surface area contributed by atoms with Gasteiger partial charge in [-0.2, -0.15) is 0 Å². The number of carbonyl (C=O) groups is 1. The molecular weight excluding hydrogens is 393 g/mol. The Bertz CT molecular complexity index is 927. The van der Waals surface area contributed by atoms with E-state index < -0.39 is 0 Å². The molecule has 2 aromatic carbocycles. The van der Waals surface area contributed by atoms with Crippen molar-refractivity contribution < 1.29 is 14.3 Å². The van der Waals surface area contributed by atoms with Crippen molar-refractivity contribution in [2.75, 3.05) is 12.4 Å². The molecule has 0 saturated carbocycles. The minimum Gasteiger partial charge on any atom is -0.493 e. The maximum absolute atomic E-state index is 12.4. The summed E-state index contributed by atoms with van der Waals surface area (Å²) >= 11 is 13.2. The van der Waals surface area contributed by atoms with Crippen molar-refractivity contribution in [1.82, 2.24) is 0 Å². The van der Waals surface area contributed by atoms with Gasteiger partial charge in [-0.05, 0) is 41.8 Å². The molecule has 0 unspecified atom stereocenters. The first kappa shape index (κ1) is 18.6. The summed E-state index contributed by atoms with van der Waals surface area (Å²) in [6.45, 7) is 0.344. The van der Waals surface area contributed by atoms with Crippen LogP contribution in [0.3, 0.4) is 0 Å². The molecule has 3 aromatic rings. The van der Waals surface area contributed by atoms with Crippen LogP contribution in [0.15, 0.2) is 53.9 Å². The lowest BCUT2D eigenvalue weighted by Crippen LogP contribution is -2.10. The maximum Gasteiger partial charge on any atom is 0.265 e. The number of anilines is 1. The topological polar surface area (TPSA) is 47.6 Å². The summed E-state index contributed by atoms with van der Waals surface area (Å²) in [5, 5.41) is 5.52. The predicted octanol–water partition coefficient (Wildman–Crippen LogP) is 5.89. The van der Waals surface area contributed by atoms with Gasteiger partial charge in [-0.1, -0.05) is 35.3 Å². The maximum atomic E-state index is 12.4. The first-order valence-corrected chi connectivity index (χ1v) is 9.30. The van der Waals surface area contributed by atoms with E-state index in [-0.39, 0.29) is 5.91 Å². The van der Waals surface area contributed by atoms with Crippen molar-refractivity contribution in [1.29, 1.82) is 0 Å². The second kappa shape index (κ2) is 8.45. The van der Waals surface area contributed by atoms with E-state index in [1.54, 1.807) is 31.4 Å². The van der Waals surface area contributed by atoms with Gasteiger partial charge in [-0.15, -0.1) is 11.3 Å². The minimum absolute atomic E-state index is 0.211. The second-order valence-corrected chi connectivity index (χ2v) is 7.07. The molecule has 7 heteroatoms. The van der Waals surface area contributed by atoms with Crippen molar-refractivity contribution in [2.45, 2.75) is 6.61 Å². The third-order valence-electron chi connectivity index (χ3n) is 3.52. The molecule has 0 radical (unpaired) electrons. The fourth-order valence-corrected chi connectivity index (χ4v) is 3.33. The van der Waals surface area contributed by atoms with Gasteiger partial charge >= 0.3 is 0 Å².